The summed E-state index contributed by atoms with van der Waals surface area (Å²) in [6.07, 6.45) is 12.9. The first-order chi connectivity index (χ1) is 17.6. The number of fused-ring (bicyclic) bond motifs is 1. The number of nitrogens with one attached hydrogen (secondary N) is 4. The van der Waals surface area contributed by atoms with Crippen LogP contribution in [0.15, 0.2) is 43.0 Å². The molecule has 4 N–H and O–H groups in total. The van der Waals surface area contributed by atoms with Gasteiger partial charge in [-0.3, -0.25) is 4.90 Å². The van der Waals surface area contributed by atoms with Crippen LogP contribution in [0.3, 0.4) is 0 Å². The van der Waals surface area contributed by atoms with E-state index in [4.69, 9.17) is 9.97 Å². The van der Waals surface area contributed by atoms with Crippen LogP contribution in [0.5, 0.6) is 0 Å². The summed E-state index contributed by atoms with van der Waals surface area (Å²) in [6.45, 7) is 10.3. The van der Waals surface area contributed by atoms with Gasteiger partial charge in [-0.25, -0.2) is 9.97 Å². The lowest BCUT2D eigenvalue weighted by Crippen LogP contribution is -2.28. The average molecular weight is 484 g/mol. The number of rotatable bonds is 7. The highest BCUT2D eigenvalue weighted by Crippen LogP contribution is 2.39. The molecule has 7 heteroatoms. The van der Waals surface area contributed by atoms with E-state index in [2.05, 4.69) is 70.0 Å². The highest BCUT2D eigenvalue weighted by atomic mass is 15.2. The second kappa shape index (κ2) is 9.81. The molecule has 0 radical (unpaired) electrons. The Morgan fingerprint density at radius 3 is 2.39 bits per heavy atom. The van der Waals surface area contributed by atoms with Crippen LogP contribution >= 0.6 is 0 Å². The molecule has 5 heterocycles. The molecule has 0 amide bonds. The van der Waals surface area contributed by atoms with Crippen LogP contribution < -0.4 is 10.6 Å². The molecular formula is C29H37N7. The van der Waals surface area contributed by atoms with E-state index in [1.54, 1.807) is 0 Å². The van der Waals surface area contributed by atoms with Crippen molar-refractivity contribution in [3.63, 3.8) is 0 Å². The summed E-state index contributed by atoms with van der Waals surface area (Å²) in [7, 11) is 2.23. The van der Waals surface area contributed by atoms with E-state index in [9.17, 15) is 0 Å². The van der Waals surface area contributed by atoms with E-state index in [0.717, 1.165) is 72.8 Å². The van der Waals surface area contributed by atoms with Crippen molar-refractivity contribution in [1.29, 1.82) is 0 Å². The Hall–Kier alpha value is -3.00. The van der Waals surface area contributed by atoms with Gasteiger partial charge >= 0.3 is 0 Å². The maximum atomic E-state index is 4.94. The summed E-state index contributed by atoms with van der Waals surface area (Å²) < 4.78 is 0. The van der Waals surface area contributed by atoms with Gasteiger partial charge in [0.05, 0.1) is 34.5 Å². The molecule has 3 aliphatic heterocycles. The van der Waals surface area contributed by atoms with Crippen molar-refractivity contribution >= 4 is 23.2 Å². The SMILES string of the molecule is C=C/C(=C\c1nc([C@@H]2CCCN2)[nH]c1C=C)[C@@H]1CC[C@H](c2ccc3[nH]c([C@@H]4CCCN4)nc3c2)N1C. The molecule has 3 aliphatic rings. The number of hydrogen-bond donors (Lipinski definition) is 4. The number of aromatic nitrogens is 4. The highest BCUT2D eigenvalue weighted by molar-refractivity contribution is 5.76. The first kappa shape index (κ1) is 23.4. The molecule has 0 bridgehead atoms. The van der Waals surface area contributed by atoms with Gasteiger partial charge in [0.25, 0.3) is 0 Å². The van der Waals surface area contributed by atoms with Crippen LogP contribution in [0.2, 0.25) is 0 Å². The third-order valence-electron chi connectivity index (χ3n) is 8.30. The molecule has 1 aromatic carbocycles. The summed E-state index contributed by atoms with van der Waals surface area (Å²) in [5.41, 5.74) is 6.64. The van der Waals surface area contributed by atoms with E-state index in [-0.39, 0.29) is 0 Å². The van der Waals surface area contributed by atoms with Gasteiger partial charge in [0.1, 0.15) is 11.6 Å². The molecule has 6 rings (SSSR count). The smallest absolute Gasteiger partial charge is 0.124 e. The second-order valence-electron chi connectivity index (χ2n) is 10.4. The van der Waals surface area contributed by atoms with Crippen LogP contribution in [-0.4, -0.2) is 51.0 Å². The minimum atomic E-state index is 0.294. The Labute approximate surface area is 213 Å². The molecule has 0 aliphatic carbocycles. The van der Waals surface area contributed by atoms with Gasteiger partial charge in [0.2, 0.25) is 0 Å². The fourth-order valence-electron chi connectivity index (χ4n) is 6.29. The van der Waals surface area contributed by atoms with Crippen LogP contribution in [-0.2, 0) is 0 Å². The van der Waals surface area contributed by atoms with E-state index in [1.807, 2.05) is 12.2 Å². The molecule has 7 nitrogen and oxygen atoms in total. The summed E-state index contributed by atoms with van der Waals surface area (Å²) in [4.78, 5) is 19.4. The summed E-state index contributed by atoms with van der Waals surface area (Å²) in [5.74, 6) is 2.08. The number of imidazole rings is 2. The van der Waals surface area contributed by atoms with Crippen LogP contribution in [0, 0.1) is 0 Å². The van der Waals surface area contributed by atoms with Crippen molar-refractivity contribution < 1.29 is 0 Å². The molecular weight excluding hydrogens is 446 g/mol. The maximum Gasteiger partial charge on any atom is 0.124 e. The van der Waals surface area contributed by atoms with Gasteiger partial charge in [-0.2, -0.15) is 0 Å². The van der Waals surface area contributed by atoms with Gasteiger partial charge in [-0.05, 0) is 94.1 Å². The van der Waals surface area contributed by atoms with Crippen molar-refractivity contribution in [2.24, 2.45) is 0 Å². The Morgan fingerprint density at radius 2 is 1.72 bits per heavy atom. The minimum Gasteiger partial charge on any atom is -0.341 e. The number of nitrogens with zero attached hydrogens (tertiary/aromatic N) is 3. The molecule has 0 saturated carbocycles. The standard InChI is InChI=1S/C29H37N7/c1-4-18(16-24-20(5-2)32-28(34-24)22-8-6-14-30-22)26-12-13-27(36(26)3)19-10-11-21-25(17-19)35-29(33-21)23-9-7-15-31-23/h4-5,10-11,16-17,22-23,26-27,30-31H,1-2,6-9,12-15H2,3H3,(H,32,34)(H,33,35)/b18-16+/t22-,23-,26-,27+/m0/s1. The monoisotopic (exact) mass is 483 g/mol. The highest BCUT2D eigenvalue weighted by Gasteiger charge is 2.33. The number of hydrogen-bond acceptors (Lipinski definition) is 5. The van der Waals surface area contributed by atoms with E-state index >= 15 is 0 Å². The quantitative estimate of drug-likeness (QED) is 0.348. The lowest BCUT2D eigenvalue weighted by molar-refractivity contribution is 0.270. The van der Waals surface area contributed by atoms with Crippen LogP contribution in [0.25, 0.3) is 23.2 Å². The van der Waals surface area contributed by atoms with E-state index < -0.39 is 0 Å². The van der Waals surface area contributed by atoms with Crippen LogP contribution in [0.4, 0.5) is 0 Å². The first-order valence-electron chi connectivity index (χ1n) is 13.4. The number of H-pyrrole nitrogens is 2. The average Bonchev–Trinajstić information content (AvgIpc) is 3.71. The van der Waals surface area contributed by atoms with Crippen LogP contribution in [0.1, 0.15) is 85.3 Å². The number of aromatic amines is 2. The lowest BCUT2D eigenvalue weighted by Gasteiger charge is -2.27. The maximum absolute atomic E-state index is 4.94. The summed E-state index contributed by atoms with van der Waals surface area (Å²) in [6, 6.07) is 8.03. The second-order valence-corrected chi connectivity index (χ2v) is 10.4. The number of likely N-dealkylation sites (N-methyl/N-ethyl adjacent to an activating group) is 1. The number of likely N-dealkylation sites (tertiary alicyclic amines) is 1. The van der Waals surface area contributed by atoms with Crippen molar-refractivity contribution in [2.45, 2.75) is 62.7 Å². The molecule has 3 saturated heterocycles. The Morgan fingerprint density at radius 1 is 0.972 bits per heavy atom. The zero-order valence-electron chi connectivity index (χ0n) is 21.2. The third-order valence-corrected chi connectivity index (χ3v) is 8.30. The van der Waals surface area contributed by atoms with Crippen molar-refractivity contribution in [1.82, 2.24) is 35.5 Å². The zero-order chi connectivity index (χ0) is 24.6. The first-order valence-corrected chi connectivity index (χ1v) is 13.4. The fraction of sp³-hybridized carbons (Fsp3) is 0.448. The predicted molar refractivity (Wildman–Crippen MR) is 146 cm³/mol. The Bertz CT molecular complexity index is 1290. The molecule has 188 valence electrons. The lowest BCUT2D eigenvalue weighted by atomic mass is 10.0. The molecule has 0 unspecified atom stereocenters. The van der Waals surface area contributed by atoms with Gasteiger partial charge in [0, 0.05) is 12.1 Å². The Kier molecular flexibility index (Phi) is 6.37. The molecule has 3 aromatic rings. The third kappa shape index (κ3) is 4.25. The molecule has 0 spiro atoms. The van der Waals surface area contributed by atoms with Crippen molar-refractivity contribution in [2.75, 3.05) is 20.1 Å². The number of benzene rings is 1. The molecule has 4 atom stereocenters. The normalized spacial score (nSPS) is 27.3. The van der Waals surface area contributed by atoms with Gasteiger partial charge in [-0.1, -0.05) is 25.3 Å². The van der Waals surface area contributed by atoms with E-state index in [0.29, 0.717) is 24.2 Å². The molecule has 3 fully saturated rings. The predicted octanol–water partition coefficient (Wildman–Crippen LogP) is 5.18. The molecule has 2 aromatic heterocycles. The summed E-state index contributed by atoms with van der Waals surface area (Å²) in [5, 5.41) is 7.08. The van der Waals surface area contributed by atoms with Gasteiger partial charge < -0.3 is 20.6 Å². The van der Waals surface area contributed by atoms with Crippen molar-refractivity contribution in [3.05, 3.63) is 71.6 Å². The fourth-order valence-corrected chi connectivity index (χ4v) is 6.29. The molecule has 36 heavy (non-hydrogen) atoms. The largest absolute Gasteiger partial charge is 0.341 e. The van der Waals surface area contributed by atoms with E-state index in [1.165, 1.54) is 24.0 Å². The topological polar surface area (TPSA) is 84.7 Å². The van der Waals surface area contributed by atoms with Gasteiger partial charge in [0.15, 0.2) is 0 Å². The summed E-state index contributed by atoms with van der Waals surface area (Å²) >= 11 is 0. The van der Waals surface area contributed by atoms with Gasteiger partial charge in [-0.15, -0.1) is 0 Å². The Balaban J connectivity index is 1.24. The minimum absolute atomic E-state index is 0.294. The zero-order valence-corrected chi connectivity index (χ0v) is 21.2. The van der Waals surface area contributed by atoms with Crippen molar-refractivity contribution in [3.8, 4) is 0 Å².